The van der Waals surface area contributed by atoms with Gasteiger partial charge in [0.05, 0.1) is 30.6 Å². The van der Waals surface area contributed by atoms with E-state index >= 15 is 0 Å². The van der Waals surface area contributed by atoms with Gasteiger partial charge >= 0.3 is 6.09 Å². The number of rotatable bonds is 4. The topological polar surface area (TPSA) is 96.5 Å². The van der Waals surface area contributed by atoms with Gasteiger partial charge in [0.15, 0.2) is 12.3 Å². The van der Waals surface area contributed by atoms with Crippen LogP contribution in [0.1, 0.15) is 0 Å². The summed E-state index contributed by atoms with van der Waals surface area (Å²) in [7, 11) is 3.00. The molecule has 0 aliphatic heterocycles. The molecule has 0 radical (unpaired) electrons. The van der Waals surface area contributed by atoms with Crippen molar-refractivity contribution in [3.05, 3.63) is 34.8 Å². The predicted octanol–water partition coefficient (Wildman–Crippen LogP) is 2.14. The van der Waals surface area contributed by atoms with E-state index in [0.29, 0.717) is 0 Å². The molecule has 0 aliphatic rings. The molecular formula is C14H15Cl2N4O4+. The maximum Gasteiger partial charge on any atom is 0.411 e. The van der Waals surface area contributed by atoms with Gasteiger partial charge in [-0.05, 0) is 6.07 Å². The molecule has 0 aliphatic carbocycles. The van der Waals surface area contributed by atoms with E-state index in [9.17, 15) is 14.7 Å². The van der Waals surface area contributed by atoms with Gasteiger partial charge in [-0.15, -0.1) is 0 Å². The number of carbonyl (C=O) groups excluding carboxylic acids is 2. The van der Waals surface area contributed by atoms with Gasteiger partial charge in [-0.25, -0.2) is 13.9 Å². The second-order valence-corrected chi connectivity index (χ2v) is 5.64. The van der Waals surface area contributed by atoms with Gasteiger partial charge < -0.3 is 15.2 Å². The number of amides is 2. The molecule has 0 spiro atoms. The summed E-state index contributed by atoms with van der Waals surface area (Å²) in [5.41, 5.74) is 0.0139. The number of ether oxygens (including phenoxy) is 1. The average molecular weight is 374 g/mol. The third-order valence-electron chi connectivity index (χ3n) is 3.03. The molecule has 0 saturated heterocycles. The fourth-order valence-corrected chi connectivity index (χ4v) is 2.47. The summed E-state index contributed by atoms with van der Waals surface area (Å²) in [4.78, 5) is 23.3. The highest BCUT2D eigenvalue weighted by atomic mass is 35.5. The quantitative estimate of drug-likeness (QED) is 0.564. The van der Waals surface area contributed by atoms with Gasteiger partial charge in [-0.1, -0.05) is 23.2 Å². The zero-order chi connectivity index (χ0) is 17.9. The smallest absolute Gasteiger partial charge is 0.411 e. The first-order valence-electron chi connectivity index (χ1n) is 6.68. The Morgan fingerprint density at radius 3 is 2.67 bits per heavy atom. The number of phenolic OH excluding ortho intramolecular Hbond substituents is 1. The molecule has 24 heavy (non-hydrogen) atoms. The van der Waals surface area contributed by atoms with E-state index in [2.05, 4.69) is 15.4 Å². The van der Waals surface area contributed by atoms with Gasteiger partial charge in [0.1, 0.15) is 17.4 Å². The zero-order valence-electron chi connectivity index (χ0n) is 12.8. The van der Waals surface area contributed by atoms with E-state index in [1.807, 2.05) is 7.05 Å². The number of nitrogens with zero attached hydrogens (tertiary/aromatic N) is 2. The van der Waals surface area contributed by atoms with E-state index < -0.39 is 11.8 Å². The molecule has 1 heterocycles. The molecule has 1 aromatic carbocycles. The second-order valence-electron chi connectivity index (χ2n) is 4.86. The number of aromatic nitrogens is 2. The van der Waals surface area contributed by atoms with Crippen molar-refractivity contribution in [2.75, 3.05) is 17.7 Å². The molecule has 2 aromatic rings. The fourth-order valence-electron chi connectivity index (χ4n) is 1.92. The summed E-state index contributed by atoms with van der Waals surface area (Å²) < 4.78 is 7.88. The predicted molar refractivity (Wildman–Crippen MR) is 88.4 cm³/mol. The molecule has 0 saturated carbocycles. The van der Waals surface area contributed by atoms with Crippen molar-refractivity contribution in [2.24, 2.45) is 7.05 Å². The van der Waals surface area contributed by atoms with Crippen LogP contribution in [0.2, 0.25) is 10.0 Å². The van der Waals surface area contributed by atoms with Crippen molar-refractivity contribution in [1.82, 2.24) is 4.57 Å². The van der Waals surface area contributed by atoms with Gasteiger partial charge in [0.2, 0.25) is 6.33 Å². The molecule has 0 fully saturated rings. The number of aromatic hydroxyl groups is 1. The minimum atomic E-state index is -0.796. The summed E-state index contributed by atoms with van der Waals surface area (Å²) in [6.45, 7) is 0.0394. The highest BCUT2D eigenvalue weighted by Crippen LogP contribution is 2.42. The van der Waals surface area contributed by atoms with Gasteiger partial charge in [-0.2, -0.15) is 0 Å². The van der Waals surface area contributed by atoms with Crippen LogP contribution < -0.4 is 15.2 Å². The first kappa shape index (κ1) is 17.9. The Labute approximate surface area is 147 Å². The van der Waals surface area contributed by atoms with Crippen LogP contribution in [0.5, 0.6) is 5.75 Å². The Hall–Kier alpha value is -2.45. The van der Waals surface area contributed by atoms with E-state index in [4.69, 9.17) is 23.2 Å². The Morgan fingerprint density at radius 2 is 2.08 bits per heavy atom. The molecule has 0 bridgehead atoms. The lowest BCUT2D eigenvalue weighted by Gasteiger charge is -2.13. The van der Waals surface area contributed by atoms with E-state index in [0.717, 1.165) is 0 Å². The van der Waals surface area contributed by atoms with Crippen molar-refractivity contribution >= 4 is 46.6 Å². The Balaban J connectivity index is 2.18. The van der Waals surface area contributed by atoms with E-state index in [1.54, 1.807) is 27.9 Å². The largest absolute Gasteiger partial charge is 0.504 e. The Bertz CT molecular complexity index is 791. The second kappa shape index (κ2) is 7.41. The number of halogens is 2. The van der Waals surface area contributed by atoms with E-state index in [-0.39, 0.29) is 33.9 Å². The van der Waals surface area contributed by atoms with Crippen LogP contribution in [-0.4, -0.2) is 28.8 Å². The van der Waals surface area contributed by atoms with Crippen LogP contribution in [0.15, 0.2) is 24.8 Å². The molecule has 10 heteroatoms. The summed E-state index contributed by atoms with van der Waals surface area (Å²) in [6.07, 6.45) is 4.44. The number of carbonyl (C=O) groups is 2. The van der Waals surface area contributed by atoms with Crippen molar-refractivity contribution in [3.63, 3.8) is 0 Å². The van der Waals surface area contributed by atoms with Crippen molar-refractivity contribution in [3.8, 4) is 5.75 Å². The highest BCUT2D eigenvalue weighted by Gasteiger charge is 2.19. The average Bonchev–Trinajstić information content (AvgIpc) is 2.93. The third-order valence-corrected chi connectivity index (χ3v) is 3.69. The molecule has 1 aromatic heterocycles. The molecule has 0 unspecified atom stereocenters. The Morgan fingerprint density at radius 1 is 1.38 bits per heavy atom. The minimum Gasteiger partial charge on any atom is -0.504 e. The SMILES string of the molecule is COC(=O)Nc1c(Cl)cc(NC(=O)Cn2cc[n+](C)c2)c(O)c1Cl. The number of hydrogen-bond acceptors (Lipinski definition) is 4. The van der Waals surface area contributed by atoms with Crippen molar-refractivity contribution in [2.45, 2.75) is 6.54 Å². The monoisotopic (exact) mass is 373 g/mol. The maximum absolute atomic E-state index is 12.0. The van der Waals surface area contributed by atoms with Gasteiger partial charge in [0.25, 0.3) is 5.91 Å². The van der Waals surface area contributed by atoms with Crippen LogP contribution in [0.4, 0.5) is 16.2 Å². The van der Waals surface area contributed by atoms with Crippen molar-refractivity contribution in [1.29, 1.82) is 0 Å². The molecule has 3 N–H and O–H groups in total. The number of imidazole rings is 1. The third kappa shape index (κ3) is 4.09. The minimum absolute atomic E-state index is 0.0156. The molecule has 8 nitrogen and oxygen atoms in total. The number of phenols is 1. The highest BCUT2D eigenvalue weighted by molar-refractivity contribution is 6.41. The number of methoxy groups -OCH3 is 1. The Kier molecular flexibility index (Phi) is 5.53. The molecule has 2 amide bonds. The standard InChI is InChI=1S/C14H14Cl2N4O4/c1-19-3-4-20(7-19)6-10(21)17-9-5-8(15)12(11(16)13(9)22)18-14(23)24-2/h3-5,7H,6H2,1-2H3,(H2-,17,18,21,22,23)/p+1. The first-order valence-corrected chi connectivity index (χ1v) is 7.44. The number of hydrogen-bond donors (Lipinski definition) is 3. The lowest BCUT2D eigenvalue weighted by atomic mass is 10.2. The summed E-state index contributed by atoms with van der Waals surface area (Å²) >= 11 is 12.0. The lowest BCUT2D eigenvalue weighted by Crippen LogP contribution is -2.25. The van der Waals surface area contributed by atoms with Gasteiger partial charge in [-0.3, -0.25) is 10.1 Å². The lowest BCUT2D eigenvalue weighted by molar-refractivity contribution is -0.671. The molecule has 128 valence electrons. The molecular weight excluding hydrogens is 359 g/mol. The van der Waals surface area contributed by atoms with Gasteiger partial charge in [0, 0.05) is 0 Å². The summed E-state index contributed by atoms with van der Waals surface area (Å²) in [6, 6.07) is 1.28. The van der Waals surface area contributed by atoms with E-state index in [1.165, 1.54) is 13.2 Å². The number of aryl methyl sites for hydroxylation is 1. The summed E-state index contributed by atoms with van der Waals surface area (Å²) in [5, 5.41) is 14.7. The van der Waals surface area contributed by atoms with Crippen molar-refractivity contribution < 1.29 is 24.0 Å². The molecule has 0 atom stereocenters. The normalized spacial score (nSPS) is 10.3. The first-order chi connectivity index (χ1) is 11.3. The van der Waals surface area contributed by atoms with Crippen LogP contribution in [0.25, 0.3) is 0 Å². The zero-order valence-corrected chi connectivity index (χ0v) is 14.4. The number of benzene rings is 1. The van der Waals surface area contributed by atoms with Crippen LogP contribution in [-0.2, 0) is 23.1 Å². The molecule has 2 rings (SSSR count). The summed E-state index contributed by atoms with van der Waals surface area (Å²) in [5.74, 6) is -0.804. The number of anilines is 2. The van der Waals surface area contributed by atoms with Crippen LogP contribution >= 0.6 is 23.2 Å². The van der Waals surface area contributed by atoms with Crippen LogP contribution in [0.3, 0.4) is 0 Å². The number of nitrogens with one attached hydrogen (secondary N) is 2. The maximum atomic E-state index is 12.0. The van der Waals surface area contributed by atoms with Crippen LogP contribution in [0, 0.1) is 0 Å². The fraction of sp³-hybridized carbons (Fsp3) is 0.214.